The highest BCUT2D eigenvalue weighted by Gasteiger charge is 2.08. The smallest absolute Gasteiger partial charge is 0.252 e. The van der Waals surface area contributed by atoms with Gasteiger partial charge in [0, 0.05) is 19.3 Å². The van der Waals surface area contributed by atoms with Crippen molar-refractivity contribution in [2.24, 2.45) is 0 Å². The quantitative estimate of drug-likeness (QED) is 0.819. The summed E-state index contributed by atoms with van der Waals surface area (Å²) in [6, 6.07) is 1.52. The Kier molecular flexibility index (Phi) is 5.88. The van der Waals surface area contributed by atoms with Crippen molar-refractivity contribution in [2.45, 2.75) is 13.8 Å². The third-order valence-corrected chi connectivity index (χ3v) is 3.04. The van der Waals surface area contributed by atoms with E-state index in [-0.39, 0.29) is 11.7 Å². The van der Waals surface area contributed by atoms with Crippen LogP contribution in [0.5, 0.6) is 0 Å². The Balaban J connectivity index is 2.48. The number of carbonyl (C=O) groups excluding carboxylic acids is 1. The maximum absolute atomic E-state index is 11.8. The predicted molar refractivity (Wildman–Crippen MR) is 73.8 cm³/mol. The SMILES string of the molecule is CCN(CC)CCNC(=O)c1cnc(N)c(Cl)c1. The molecule has 18 heavy (non-hydrogen) atoms. The van der Waals surface area contributed by atoms with Gasteiger partial charge in [0.25, 0.3) is 5.91 Å². The van der Waals surface area contributed by atoms with Crippen molar-refractivity contribution >= 4 is 23.3 Å². The number of pyridine rings is 1. The topological polar surface area (TPSA) is 71.2 Å². The Morgan fingerprint density at radius 1 is 1.50 bits per heavy atom. The molecule has 0 bridgehead atoms. The summed E-state index contributed by atoms with van der Waals surface area (Å²) in [6.07, 6.45) is 1.42. The minimum Gasteiger partial charge on any atom is -0.382 e. The van der Waals surface area contributed by atoms with Crippen molar-refractivity contribution in [1.82, 2.24) is 15.2 Å². The molecule has 1 rings (SSSR count). The van der Waals surface area contributed by atoms with E-state index in [9.17, 15) is 4.79 Å². The molecule has 0 fully saturated rings. The maximum atomic E-state index is 11.8. The van der Waals surface area contributed by atoms with Crippen LogP contribution in [0.4, 0.5) is 5.82 Å². The van der Waals surface area contributed by atoms with Gasteiger partial charge in [0.1, 0.15) is 5.82 Å². The van der Waals surface area contributed by atoms with Gasteiger partial charge in [0.05, 0.1) is 10.6 Å². The summed E-state index contributed by atoms with van der Waals surface area (Å²) in [5.41, 5.74) is 5.91. The van der Waals surface area contributed by atoms with Crippen LogP contribution in [0.1, 0.15) is 24.2 Å². The molecule has 0 aliphatic heterocycles. The molecule has 0 saturated carbocycles. The number of carbonyl (C=O) groups is 1. The normalized spacial score (nSPS) is 10.7. The van der Waals surface area contributed by atoms with E-state index < -0.39 is 0 Å². The first kappa shape index (κ1) is 14.7. The summed E-state index contributed by atoms with van der Waals surface area (Å²) in [5.74, 6) is 0.0490. The van der Waals surface area contributed by atoms with Crippen molar-refractivity contribution < 1.29 is 4.79 Å². The van der Waals surface area contributed by atoms with Crippen molar-refractivity contribution in [3.8, 4) is 0 Å². The van der Waals surface area contributed by atoms with Crippen LogP contribution in [0, 0.1) is 0 Å². The van der Waals surface area contributed by atoms with E-state index in [0.717, 1.165) is 19.6 Å². The first-order valence-corrected chi connectivity index (χ1v) is 6.37. The second-order valence-corrected chi connectivity index (χ2v) is 4.28. The van der Waals surface area contributed by atoms with E-state index in [4.69, 9.17) is 17.3 Å². The molecule has 1 amide bonds. The zero-order valence-corrected chi connectivity index (χ0v) is 11.5. The van der Waals surface area contributed by atoms with Crippen LogP contribution in [-0.4, -0.2) is 42.0 Å². The summed E-state index contributed by atoms with van der Waals surface area (Å²) < 4.78 is 0. The second kappa shape index (κ2) is 7.18. The molecule has 0 aromatic carbocycles. The molecule has 1 heterocycles. The number of halogens is 1. The van der Waals surface area contributed by atoms with Gasteiger partial charge in [-0.25, -0.2) is 4.98 Å². The fourth-order valence-electron chi connectivity index (χ4n) is 1.54. The molecule has 0 radical (unpaired) electrons. The molecule has 5 nitrogen and oxygen atoms in total. The molecule has 0 spiro atoms. The second-order valence-electron chi connectivity index (χ2n) is 3.87. The van der Waals surface area contributed by atoms with Gasteiger partial charge in [0.2, 0.25) is 0 Å². The number of aromatic nitrogens is 1. The lowest BCUT2D eigenvalue weighted by Gasteiger charge is -2.17. The van der Waals surface area contributed by atoms with E-state index in [1.165, 1.54) is 12.3 Å². The van der Waals surface area contributed by atoms with Crippen molar-refractivity contribution in [2.75, 3.05) is 31.9 Å². The van der Waals surface area contributed by atoms with Crippen molar-refractivity contribution in [3.63, 3.8) is 0 Å². The first-order valence-electron chi connectivity index (χ1n) is 6.00. The molecule has 0 unspecified atom stereocenters. The number of hydrogen-bond acceptors (Lipinski definition) is 4. The van der Waals surface area contributed by atoms with Crippen molar-refractivity contribution in [3.05, 3.63) is 22.8 Å². The number of hydrogen-bond donors (Lipinski definition) is 2. The molecule has 0 aliphatic rings. The molecule has 0 aliphatic carbocycles. The van der Waals surface area contributed by atoms with Crippen LogP contribution in [0.25, 0.3) is 0 Å². The Labute approximate surface area is 112 Å². The highest BCUT2D eigenvalue weighted by atomic mass is 35.5. The zero-order chi connectivity index (χ0) is 13.5. The zero-order valence-electron chi connectivity index (χ0n) is 10.7. The van der Waals surface area contributed by atoms with E-state index >= 15 is 0 Å². The number of likely N-dealkylation sites (N-methyl/N-ethyl adjacent to an activating group) is 1. The monoisotopic (exact) mass is 270 g/mol. The first-order chi connectivity index (χ1) is 8.58. The number of nitrogens with one attached hydrogen (secondary N) is 1. The van der Waals surface area contributed by atoms with Gasteiger partial charge in [-0.05, 0) is 19.2 Å². The third-order valence-electron chi connectivity index (χ3n) is 2.74. The van der Waals surface area contributed by atoms with E-state index in [0.29, 0.717) is 17.1 Å². The Morgan fingerprint density at radius 3 is 2.72 bits per heavy atom. The lowest BCUT2D eigenvalue weighted by Crippen LogP contribution is -2.34. The van der Waals surface area contributed by atoms with E-state index in [2.05, 4.69) is 29.0 Å². The lowest BCUT2D eigenvalue weighted by molar-refractivity contribution is 0.0948. The number of amides is 1. The molecule has 1 aromatic rings. The molecule has 0 saturated heterocycles. The molecule has 100 valence electrons. The van der Waals surface area contributed by atoms with Gasteiger partial charge in [-0.2, -0.15) is 0 Å². The highest BCUT2D eigenvalue weighted by Crippen LogP contribution is 2.16. The number of rotatable bonds is 6. The van der Waals surface area contributed by atoms with E-state index in [1.807, 2.05) is 0 Å². The van der Waals surface area contributed by atoms with Crippen LogP contribution >= 0.6 is 11.6 Å². The summed E-state index contributed by atoms with van der Waals surface area (Å²) >= 11 is 5.81. The summed E-state index contributed by atoms with van der Waals surface area (Å²) in [5, 5.41) is 3.12. The summed E-state index contributed by atoms with van der Waals surface area (Å²) in [7, 11) is 0. The maximum Gasteiger partial charge on any atom is 0.252 e. The van der Waals surface area contributed by atoms with Crippen LogP contribution in [-0.2, 0) is 0 Å². The average Bonchev–Trinajstić information content (AvgIpc) is 2.37. The van der Waals surface area contributed by atoms with Gasteiger partial charge in [-0.3, -0.25) is 4.79 Å². The number of anilines is 1. The third kappa shape index (κ3) is 4.16. The molecule has 3 N–H and O–H groups in total. The Morgan fingerprint density at radius 2 is 2.17 bits per heavy atom. The van der Waals surface area contributed by atoms with Gasteiger partial charge in [-0.15, -0.1) is 0 Å². The largest absolute Gasteiger partial charge is 0.382 e. The molecule has 0 atom stereocenters. The lowest BCUT2D eigenvalue weighted by atomic mass is 10.2. The summed E-state index contributed by atoms with van der Waals surface area (Å²) in [4.78, 5) is 17.9. The fraction of sp³-hybridized carbons (Fsp3) is 0.500. The van der Waals surface area contributed by atoms with E-state index in [1.54, 1.807) is 0 Å². The molecule has 1 aromatic heterocycles. The number of nitrogen functional groups attached to an aromatic ring is 1. The standard InChI is InChI=1S/C12H19ClN4O/c1-3-17(4-2)6-5-15-12(18)9-7-10(13)11(14)16-8-9/h7-8H,3-6H2,1-2H3,(H2,14,16)(H,15,18). The predicted octanol–water partition coefficient (Wildman–Crippen LogP) is 1.39. The minimum atomic E-state index is -0.184. The molecular formula is C12H19ClN4O. The number of nitrogens with zero attached hydrogens (tertiary/aromatic N) is 2. The molecular weight excluding hydrogens is 252 g/mol. The van der Waals surface area contributed by atoms with Gasteiger partial charge >= 0.3 is 0 Å². The van der Waals surface area contributed by atoms with Gasteiger partial charge < -0.3 is 16.0 Å². The Hall–Kier alpha value is -1.33. The van der Waals surface area contributed by atoms with Crippen LogP contribution in [0.15, 0.2) is 12.3 Å². The van der Waals surface area contributed by atoms with Crippen LogP contribution < -0.4 is 11.1 Å². The molecule has 6 heteroatoms. The highest BCUT2D eigenvalue weighted by molar-refractivity contribution is 6.33. The summed E-state index contributed by atoms with van der Waals surface area (Å²) in [6.45, 7) is 7.56. The minimum absolute atomic E-state index is 0.184. The average molecular weight is 271 g/mol. The van der Waals surface area contributed by atoms with Crippen LogP contribution in [0.2, 0.25) is 5.02 Å². The van der Waals surface area contributed by atoms with Gasteiger partial charge in [-0.1, -0.05) is 25.4 Å². The van der Waals surface area contributed by atoms with Crippen LogP contribution in [0.3, 0.4) is 0 Å². The Bertz CT molecular complexity index is 407. The van der Waals surface area contributed by atoms with Crippen molar-refractivity contribution in [1.29, 1.82) is 0 Å². The fourth-order valence-corrected chi connectivity index (χ4v) is 1.71. The number of nitrogens with two attached hydrogens (primary N) is 1. The van der Waals surface area contributed by atoms with Gasteiger partial charge in [0.15, 0.2) is 0 Å².